The number of aromatic nitrogens is 2. The maximum atomic E-state index is 6.29. The van der Waals surface area contributed by atoms with Crippen molar-refractivity contribution in [3.63, 3.8) is 0 Å². The van der Waals surface area contributed by atoms with Crippen LogP contribution in [0.1, 0.15) is 41.1 Å². The summed E-state index contributed by atoms with van der Waals surface area (Å²) in [4.78, 5) is 9.20. The number of hydrogen-bond donors (Lipinski definition) is 1. The Kier molecular flexibility index (Phi) is 5.18. The monoisotopic (exact) mass is 307 g/mol. The molecule has 0 radical (unpaired) electrons. The van der Waals surface area contributed by atoms with Crippen molar-refractivity contribution in [3.05, 3.63) is 39.3 Å². The predicted molar refractivity (Wildman–Crippen MR) is 87.4 cm³/mol. The van der Waals surface area contributed by atoms with Crippen LogP contribution in [0.15, 0.2) is 22.0 Å². The van der Waals surface area contributed by atoms with Gasteiger partial charge in [-0.05, 0) is 55.1 Å². The normalized spacial score (nSPS) is 14.2. The van der Waals surface area contributed by atoms with Crippen LogP contribution < -0.4 is 5.73 Å². The molecule has 2 rings (SSSR count). The molecule has 2 N–H and O–H groups in total. The summed E-state index contributed by atoms with van der Waals surface area (Å²) in [6, 6.07) is 2.26. The van der Waals surface area contributed by atoms with Crippen molar-refractivity contribution < 1.29 is 0 Å². The SMILES string of the molecule is CCC(N)C(Sc1nc(C)c(C)c(C)n1)c1ccsc1. The number of rotatable bonds is 5. The quantitative estimate of drug-likeness (QED) is 0.669. The van der Waals surface area contributed by atoms with E-state index in [-0.39, 0.29) is 11.3 Å². The van der Waals surface area contributed by atoms with Crippen LogP contribution in [0.3, 0.4) is 0 Å². The summed E-state index contributed by atoms with van der Waals surface area (Å²) < 4.78 is 0. The van der Waals surface area contributed by atoms with Gasteiger partial charge in [-0.3, -0.25) is 0 Å². The lowest BCUT2D eigenvalue weighted by atomic mass is 10.1. The topological polar surface area (TPSA) is 51.8 Å². The summed E-state index contributed by atoms with van der Waals surface area (Å²) in [7, 11) is 0. The van der Waals surface area contributed by atoms with Crippen molar-refractivity contribution in [2.75, 3.05) is 0 Å². The summed E-state index contributed by atoms with van der Waals surface area (Å²) in [6.45, 7) is 8.26. The van der Waals surface area contributed by atoms with Crippen molar-refractivity contribution in [2.24, 2.45) is 5.73 Å². The van der Waals surface area contributed by atoms with E-state index in [0.717, 1.165) is 23.0 Å². The molecule has 0 aromatic carbocycles. The van der Waals surface area contributed by atoms with Crippen LogP contribution in [0.5, 0.6) is 0 Å². The van der Waals surface area contributed by atoms with Crippen LogP contribution in [0, 0.1) is 20.8 Å². The average Bonchev–Trinajstić information content (AvgIpc) is 2.95. The summed E-state index contributed by atoms with van der Waals surface area (Å²) in [5, 5.41) is 5.30. The molecule has 0 amide bonds. The fraction of sp³-hybridized carbons (Fsp3) is 0.467. The molecule has 0 saturated carbocycles. The van der Waals surface area contributed by atoms with Crippen molar-refractivity contribution in [2.45, 2.75) is 50.6 Å². The molecule has 0 aliphatic carbocycles. The van der Waals surface area contributed by atoms with E-state index in [1.807, 2.05) is 13.8 Å². The van der Waals surface area contributed by atoms with Crippen LogP contribution in [0.4, 0.5) is 0 Å². The van der Waals surface area contributed by atoms with Crippen LogP contribution >= 0.6 is 23.1 Å². The Labute approximate surface area is 129 Å². The molecular weight excluding hydrogens is 286 g/mol. The van der Waals surface area contributed by atoms with E-state index >= 15 is 0 Å². The molecule has 2 aromatic rings. The zero-order chi connectivity index (χ0) is 14.7. The van der Waals surface area contributed by atoms with Crippen molar-refractivity contribution in [1.29, 1.82) is 0 Å². The highest BCUT2D eigenvalue weighted by Gasteiger charge is 2.22. The molecule has 3 nitrogen and oxygen atoms in total. The van der Waals surface area contributed by atoms with Crippen molar-refractivity contribution >= 4 is 23.1 Å². The third kappa shape index (κ3) is 3.40. The Balaban J connectivity index is 2.29. The predicted octanol–water partition coefficient (Wildman–Crippen LogP) is 4.03. The number of nitrogens with two attached hydrogens (primary N) is 1. The highest BCUT2D eigenvalue weighted by molar-refractivity contribution is 7.99. The molecule has 0 bridgehead atoms. The molecule has 0 aliphatic rings. The van der Waals surface area contributed by atoms with Gasteiger partial charge in [0.2, 0.25) is 0 Å². The van der Waals surface area contributed by atoms with Crippen LogP contribution in [0.2, 0.25) is 0 Å². The number of thioether (sulfide) groups is 1. The average molecular weight is 307 g/mol. The summed E-state index contributed by atoms with van der Waals surface area (Å²) >= 11 is 3.38. The molecule has 20 heavy (non-hydrogen) atoms. The smallest absolute Gasteiger partial charge is 0.188 e. The van der Waals surface area contributed by atoms with E-state index in [9.17, 15) is 0 Å². The Morgan fingerprint density at radius 2 is 1.90 bits per heavy atom. The van der Waals surface area contributed by atoms with Gasteiger partial charge in [0.1, 0.15) is 0 Å². The van der Waals surface area contributed by atoms with E-state index in [0.29, 0.717) is 0 Å². The third-order valence-corrected chi connectivity index (χ3v) is 5.55. The van der Waals surface area contributed by atoms with Gasteiger partial charge in [0.05, 0.1) is 5.25 Å². The molecule has 2 aromatic heterocycles. The van der Waals surface area contributed by atoms with Gasteiger partial charge in [-0.2, -0.15) is 11.3 Å². The van der Waals surface area contributed by atoms with E-state index in [1.165, 1.54) is 11.1 Å². The van der Waals surface area contributed by atoms with Gasteiger partial charge in [-0.15, -0.1) is 0 Å². The standard InChI is InChI=1S/C15H21N3S2/c1-5-13(16)14(12-6-7-19-8-12)20-15-17-10(3)9(2)11(4)18-15/h6-8,13-14H,5,16H2,1-4H3. The van der Waals surface area contributed by atoms with Gasteiger partial charge in [-0.1, -0.05) is 18.7 Å². The second kappa shape index (κ2) is 6.70. The molecule has 2 unspecified atom stereocenters. The third-order valence-electron chi connectivity index (χ3n) is 3.58. The highest BCUT2D eigenvalue weighted by atomic mass is 32.2. The molecule has 0 fully saturated rings. The lowest BCUT2D eigenvalue weighted by Crippen LogP contribution is -2.25. The van der Waals surface area contributed by atoms with E-state index in [2.05, 4.69) is 40.6 Å². The van der Waals surface area contributed by atoms with Crippen LogP contribution in [0.25, 0.3) is 0 Å². The molecule has 2 heterocycles. The number of thiophene rings is 1. The van der Waals surface area contributed by atoms with Crippen LogP contribution in [-0.4, -0.2) is 16.0 Å². The summed E-state index contributed by atoms with van der Waals surface area (Å²) in [5.41, 5.74) is 10.8. The van der Waals surface area contributed by atoms with Gasteiger partial charge in [0, 0.05) is 17.4 Å². The minimum Gasteiger partial charge on any atom is -0.326 e. The first kappa shape index (κ1) is 15.5. The molecule has 0 aliphatic heterocycles. The fourth-order valence-electron chi connectivity index (χ4n) is 1.96. The van der Waals surface area contributed by atoms with Gasteiger partial charge >= 0.3 is 0 Å². The Bertz CT molecular complexity index is 543. The van der Waals surface area contributed by atoms with E-state index < -0.39 is 0 Å². The lowest BCUT2D eigenvalue weighted by molar-refractivity contribution is 0.633. The van der Waals surface area contributed by atoms with Gasteiger partial charge in [-0.25, -0.2) is 9.97 Å². The van der Waals surface area contributed by atoms with Crippen molar-refractivity contribution in [3.8, 4) is 0 Å². The number of nitrogens with zero attached hydrogens (tertiary/aromatic N) is 2. The maximum Gasteiger partial charge on any atom is 0.188 e. The van der Waals surface area contributed by atoms with Crippen molar-refractivity contribution in [1.82, 2.24) is 9.97 Å². The van der Waals surface area contributed by atoms with Gasteiger partial charge in [0.25, 0.3) is 0 Å². The lowest BCUT2D eigenvalue weighted by Gasteiger charge is -2.21. The zero-order valence-corrected chi connectivity index (χ0v) is 14.0. The maximum absolute atomic E-state index is 6.29. The molecule has 5 heteroatoms. The number of hydrogen-bond acceptors (Lipinski definition) is 5. The van der Waals surface area contributed by atoms with Gasteiger partial charge < -0.3 is 5.73 Å². The molecule has 0 spiro atoms. The Hall–Kier alpha value is -0.910. The summed E-state index contributed by atoms with van der Waals surface area (Å²) in [6.07, 6.45) is 0.942. The number of aryl methyl sites for hydroxylation is 2. The largest absolute Gasteiger partial charge is 0.326 e. The molecular formula is C15H21N3S2. The minimum atomic E-state index is 0.111. The van der Waals surface area contributed by atoms with Gasteiger partial charge in [0.15, 0.2) is 5.16 Å². The zero-order valence-electron chi connectivity index (χ0n) is 12.4. The van der Waals surface area contributed by atoms with E-state index in [1.54, 1.807) is 23.1 Å². The first-order chi connectivity index (χ1) is 9.52. The van der Waals surface area contributed by atoms with E-state index in [4.69, 9.17) is 5.73 Å². The molecule has 2 atom stereocenters. The first-order valence-corrected chi connectivity index (χ1v) is 8.61. The second-order valence-corrected chi connectivity index (χ2v) is 6.86. The second-order valence-electron chi connectivity index (χ2n) is 4.97. The minimum absolute atomic E-state index is 0.111. The summed E-state index contributed by atoms with van der Waals surface area (Å²) in [5.74, 6) is 0. The molecule has 108 valence electrons. The Morgan fingerprint density at radius 1 is 1.25 bits per heavy atom. The molecule has 0 saturated heterocycles. The first-order valence-electron chi connectivity index (χ1n) is 6.79. The van der Waals surface area contributed by atoms with Crippen LogP contribution in [-0.2, 0) is 0 Å². The highest BCUT2D eigenvalue weighted by Crippen LogP contribution is 2.37. The Morgan fingerprint density at radius 3 is 2.40 bits per heavy atom. The fourth-order valence-corrected chi connectivity index (χ4v) is 4.00.